The Morgan fingerprint density at radius 3 is 2.85 bits per heavy atom. The number of carbonyl (C=O) groups excluding carboxylic acids is 1. The van der Waals surface area contributed by atoms with Crippen molar-refractivity contribution in [1.82, 2.24) is 14.8 Å². The van der Waals surface area contributed by atoms with Gasteiger partial charge in [0.15, 0.2) is 5.82 Å². The molecule has 0 saturated carbocycles. The molecule has 0 bridgehead atoms. The van der Waals surface area contributed by atoms with Crippen LogP contribution in [0.4, 0.5) is 5.69 Å². The molecule has 1 aliphatic heterocycles. The zero-order valence-electron chi connectivity index (χ0n) is 15.3. The molecule has 0 unspecified atom stereocenters. The molecule has 1 aromatic heterocycles. The zero-order chi connectivity index (χ0) is 18.6. The Hall–Kier alpha value is -3.15. The first-order valence-corrected chi connectivity index (χ1v) is 9.22. The van der Waals surface area contributed by atoms with Crippen LogP contribution >= 0.6 is 0 Å². The lowest BCUT2D eigenvalue weighted by Crippen LogP contribution is -2.12. The number of hydrogen-bond donors (Lipinski definition) is 1. The molecule has 0 saturated heterocycles. The van der Waals surface area contributed by atoms with Gasteiger partial charge in [0.25, 0.3) is 5.91 Å². The van der Waals surface area contributed by atoms with Crippen LogP contribution in [0, 0.1) is 0 Å². The molecule has 4 rings (SSSR count). The van der Waals surface area contributed by atoms with Crippen LogP contribution in [-0.4, -0.2) is 27.8 Å². The quantitative estimate of drug-likeness (QED) is 0.763. The highest BCUT2D eigenvalue weighted by Gasteiger charge is 2.16. The molecule has 27 heavy (non-hydrogen) atoms. The lowest BCUT2D eigenvalue weighted by Gasteiger charge is -2.10. The van der Waals surface area contributed by atoms with E-state index in [1.807, 2.05) is 30.3 Å². The van der Waals surface area contributed by atoms with Gasteiger partial charge >= 0.3 is 0 Å². The number of fused-ring (bicyclic) bond motifs is 1. The molecule has 2 heterocycles. The summed E-state index contributed by atoms with van der Waals surface area (Å²) in [5.74, 6) is 2.39. The van der Waals surface area contributed by atoms with E-state index < -0.39 is 0 Å². The van der Waals surface area contributed by atoms with Crippen LogP contribution in [0.25, 0.3) is 11.4 Å². The third-order valence-electron chi connectivity index (χ3n) is 4.82. The molecule has 2 aromatic carbocycles. The lowest BCUT2D eigenvalue weighted by molar-refractivity contribution is 0.102. The molecular weight excluding hydrogens is 340 g/mol. The van der Waals surface area contributed by atoms with Gasteiger partial charge in [-0.1, -0.05) is 24.6 Å². The predicted molar refractivity (Wildman–Crippen MR) is 104 cm³/mol. The average Bonchev–Trinajstić information content (AvgIpc) is 2.96. The van der Waals surface area contributed by atoms with E-state index >= 15 is 0 Å². The molecule has 6 nitrogen and oxygen atoms in total. The highest BCUT2D eigenvalue weighted by Crippen LogP contribution is 2.25. The van der Waals surface area contributed by atoms with Gasteiger partial charge in [0.05, 0.1) is 7.11 Å². The normalized spacial score (nSPS) is 13.5. The first kappa shape index (κ1) is 17.3. The number of nitrogens with one attached hydrogen (secondary N) is 1. The van der Waals surface area contributed by atoms with E-state index in [0.29, 0.717) is 11.3 Å². The van der Waals surface area contributed by atoms with Gasteiger partial charge in [-0.05, 0) is 43.2 Å². The lowest BCUT2D eigenvalue weighted by atomic mass is 10.1. The minimum absolute atomic E-state index is 0.175. The van der Waals surface area contributed by atoms with Crippen molar-refractivity contribution in [2.75, 3.05) is 12.4 Å². The number of hydrogen-bond acceptors (Lipinski definition) is 4. The fourth-order valence-electron chi connectivity index (χ4n) is 3.40. The van der Waals surface area contributed by atoms with Crippen molar-refractivity contribution in [2.45, 2.75) is 32.2 Å². The summed E-state index contributed by atoms with van der Waals surface area (Å²) in [6, 6.07) is 14.8. The second-order valence-electron chi connectivity index (χ2n) is 6.67. The number of methoxy groups -OCH3 is 1. The number of nitrogens with zero attached hydrogens (tertiary/aromatic N) is 3. The van der Waals surface area contributed by atoms with E-state index in [1.165, 1.54) is 6.42 Å². The number of rotatable bonds is 4. The molecular formula is C21H22N4O2. The highest BCUT2D eigenvalue weighted by molar-refractivity contribution is 6.04. The smallest absolute Gasteiger partial charge is 0.255 e. The van der Waals surface area contributed by atoms with E-state index in [4.69, 9.17) is 4.74 Å². The number of carbonyl (C=O) groups is 1. The van der Waals surface area contributed by atoms with Crippen LogP contribution in [-0.2, 0) is 13.0 Å². The Balaban J connectivity index is 1.58. The monoisotopic (exact) mass is 362 g/mol. The number of ether oxygens (including phenoxy) is 1. The third kappa shape index (κ3) is 3.69. The van der Waals surface area contributed by atoms with Crippen molar-refractivity contribution >= 4 is 11.6 Å². The summed E-state index contributed by atoms with van der Waals surface area (Å²) in [6.45, 7) is 0.943. The maximum Gasteiger partial charge on any atom is 0.255 e. The standard InChI is InChI=1S/C21H22N4O2/c1-27-18-10-6-8-16(14-18)21(26)22-17-9-5-7-15(13-17)20-24-23-19-11-3-2-4-12-25(19)20/h5-10,13-14H,2-4,11-12H2,1H3,(H,22,26). The largest absolute Gasteiger partial charge is 0.497 e. The van der Waals surface area contributed by atoms with Crippen molar-refractivity contribution in [1.29, 1.82) is 0 Å². The Morgan fingerprint density at radius 2 is 1.96 bits per heavy atom. The fourth-order valence-corrected chi connectivity index (χ4v) is 3.40. The van der Waals surface area contributed by atoms with Crippen LogP contribution in [0.3, 0.4) is 0 Å². The molecule has 1 aliphatic rings. The van der Waals surface area contributed by atoms with Gasteiger partial charge in [-0.15, -0.1) is 10.2 Å². The van der Waals surface area contributed by atoms with Crippen molar-refractivity contribution in [3.8, 4) is 17.1 Å². The molecule has 138 valence electrons. The minimum Gasteiger partial charge on any atom is -0.497 e. The summed E-state index contributed by atoms with van der Waals surface area (Å²) in [5, 5.41) is 11.7. The summed E-state index contributed by atoms with van der Waals surface area (Å²) in [5.41, 5.74) is 2.24. The highest BCUT2D eigenvalue weighted by atomic mass is 16.5. The van der Waals surface area contributed by atoms with Crippen LogP contribution in [0.5, 0.6) is 5.75 Å². The Labute approximate surface area is 158 Å². The maximum atomic E-state index is 12.6. The minimum atomic E-state index is -0.175. The van der Waals surface area contributed by atoms with Crippen LogP contribution in [0.15, 0.2) is 48.5 Å². The first-order valence-electron chi connectivity index (χ1n) is 9.22. The van der Waals surface area contributed by atoms with Crippen molar-refractivity contribution in [2.24, 2.45) is 0 Å². The van der Waals surface area contributed by atoms with Crippen molar-refractivity contribution < 1.29 is 9.53 Å². The average molecular weight is 362 g/mol. The van der Waals surface area contributed by atoms with Crippen molar-refractivity contribution in [3.05, 3.63) is 59.9 Å². The second kappa shape index (κ2) is 7.61. The van der Waals surface area contributed by atoms with E-state index in [0.717, 1.165) is 48.7 Å². The number of amides is 1. The van der Waals surface area contributed by atoms with E-state index in [1.54, 1.807) is 25.3 Å². The van der Waals surface area contributed by atoms with Gasteiger partial charge in [0.1, 0.15) is 11.6 Å². The van der Waals surface area contributed by atoms with Gasteiger partial charge in [0, 0.05) is 29.8 Å². The molecule has 0 aliphatic carbocycles. The third-order valence-corrected chi connectivity index (χ3v) is 4.82. The van der Waals surface area contributed by atoms with Gasteiger partial charge in [-0.25, -0.2) is 0 Å². The predicted octanol–water partition coefficient (Wildman–Crippen LogP) is 3.93. The first-order chi connectivity index (χ1) is 13.2. The van der Waals surface area contributed by atoms with Crippen LogP contribution in [0.2, 0.25) is 0 Å². The Bertz CT molecular complexity index is 964. The molecule has 0 atom stereocenters. The Morgan fingerprint density at radius 1 is 1.07 bits per heavy atom. The molecule has 0 spiro atoms. The van der Waals surface area contributed by atoms with Gasteiger partial charge in [-0.2, -0.15) is 0 Å². The molecule has 0 radical (unpaired) electrons. The molecule has 3 aromatic rings. The number of aryl methyl sites for hydroxylation is 1. The van der Waals surface area contributed by atoms with E-state index in [9.17, 15) is 4.79 Å². The molecule has 6 heteroatoms. The second-order valence-corrected chi connectivity index (χ2v) is 6.67. The Kier molecular flexibility index (Phi) is 4.87. The summed E-state index contributed by atoms with van der Waals surface area (Å²) in [4.78, 5) is 12.6. The van der Waals surface area contributed by atoms with E-state index in [-0.39, 0.29) is 5.91 Å². The zero-order valence-corrected chi connectivity index (χ0v) is 15.3. The summed E-state index contributed by atoms with van der Waals surface area (Å²) >= 11 is 0. The summed E-state index contributed by atoms with van der Waals surface area (Å²) in [6.07, 6.45) is 4.50. The van der Waals surface area contributed by atoms with E-state index in [2.05, 4.69) is 20.1 Å². The van der Waals surface area contributed by atoms with Gasteiger partial charge in [0.2, 0.25) is 0 Å². The molecule has 0 fully saturated rings. The SMILES string of the molecule is COc1cccc(C(=O)Nc2cccc(-c3nnc4n3CCCCC4)c2)c1. The summed E-state index contributed by atoms with van der Waals surface area (Å²) < 4.78 is 7.39. The topological polar surface area (TPSA) is 69.0 Å². The van der Waals surface area contributed by atoms with Gasteiger partial charge in [-0.3, -0.25) is 4.79 Å². The van der Waals surface area contributed by atoms with Gasteiger partial charge < -0.3 is 14.6 Å². The maximum absolute atomic E-state index is 12.6. The molecule has 1 amide bonds. The number of aromatic nitrogens is 3. The molecule has 1 N–H and O–H groups in total. The fraction of sp³-hybridized carbons (Fsp3) is 0.286. The van der Waals surface area contributed by atoms with Crippen LogP contribution in [0.1, 0.15) is 35.4 Å². The van der Waals surface area contributed by atoms with Crippen LogP contribution < -0.4 is 10.1 Å². The summed E-state index contributed by atoms with van der Waals surface area (Å²) in [7, 11) is 1.59. The number of benzene rings is 2. The van der Waals surface area contributed by atoms with Crippen molar-refractivity contribution in [3.63, 3.8) is 0 Å². The number of anilines is 1.